The number of hydrogen-bond donors (Lipinski definition) is 1. The van der Waals surface area contributed by atoms with Gasteiger partial charge in [-0.2, -0.15) is 5.26 Å². The van der Waals surface area contributed by atoms with Crippen LogP contribution in [0.15, 0.2) is 18.2 Å². The van der Waals surface area contributed by atoms with Crippen LogP contribution in [0.5, 0.6) is 0 Å². The molecule has 1 aliphatic rings. The molecule has 1 aromatic rings. The standard InChI is InChI=1S/C15H20ClN3/c1-11(2)19-6-5-12(10-19)9-18-14-4-3-13(8-17)15(16)7-14/h3-4,7,11-12,18H,5-6,9-10H2,1-2H3. The number of rotatable bonds is 4. The minimum absolute atomic E-state index is 0.516. The van der Waals surface area contributed by atoms with Crippen molar-refractivity contribution in [3.05, 3.63) is 28.8 Å². The van der Waals surface area contributed by atoms with Crippen molar-refractivity contribution in [3.63, 3.8) is 0 Å². The van der Waals surface area contributed by atoms with Crippen LogP contribution in [-0.4, -0.2) is 30.6 Å². The fourth-order valence-corrected chi connectivity index (χ4v) is 2.70. The smallest absolute Gasteiger partial charge is 0.101 e. The largest absolute Gasteiger partial charge is 0.385 e. The lowest BCUT2D eigenvalue weighted by Crippen LogP contribution is -2.29. The minimum atomic E-state index is 0.516. The van der Waals surface area contributed by atoms with Gasteiger partial charge in [0.15, 0.2) is 0 Å². The summed E-state index contributed by atoms with van der Waals surface area (Å²) >= 11 is 6.02. The van der Waals surface area contributed by atoms with Crippen molar-refractivity contribution in [3.8, 4) is 6.07 Å². The molecule has 1 saturated heterocycles. The first kappa shape index (κ1) is 14.2. The summed E-state index contributed by atoms with van der Waals surface area (Å²) in [6.45, 7) is 7.81. The van der Waals surface area contributed by atoms with Crippen LogP contribution in [-0.2, 0) is 0 Å². The van der Waals surface area contributed by atoms with Gasteiger partial charge in [-0.3, -0.25) is 0 Å². The molecule has 0 bridgehead atoms. The van der Waals surface area contributed by atoms with E-state index in [4.69, 9.17) is 16.9 Å². The molecule has 0 aliphatic carbocycles. The lowest BCUT2D eigenvalue weighted by atomic mass is 10.1. The second kappa shape index (κ2) is 6.27. The summed E-state index contributed by atoms with van der Waals surface area (Å²) in [5.41, 5.74) is 1.52. The molecular weight excluding hydrogens is 258 g/mol. The normalized spacial score (nSPS) is 19.6. The Hall–Kier alpha value is -1.24. The molecule has 0 aromatic heterocycles. The summed E-state index contributed by atoms with van der Waals surface area (Å²) in [5, 5.41) is 12.8. The second-order valence-electron chi connectivity index (χ2n) is 5.43. The van der Waals surface area contributed by atoms with E-state index in [9.17, 15) is 0 Å². The molecule has 2 rings (SSSR count). The predicted molar refractivity (Wildman–Crippen MR) is 79.5 cm³/mol. The first-order valence-corrected chi connectivity index (χ1v) is 7.15. The van der Waals surface area contributed by atoms with E-state index in [1.807, 2.05) is 12.1 Å². The van der Waals surface area contributed by atoms with Crippen molar-refractivity contribution >= 4 is 17.3 Å². The van der Waals surface area contributed by atoms with Crippen molar-refractivity contribution in [2.24, 2.45) is 5.92 Å². The van der Waals surface area contributed by atoms with Gasteiger partial charge in [-0.1, -0.05) is 11.6 Å². The van der Waals surface area contributed by atoms with E-state index in [1.54, 1.807) is 6.07 Å². The Labute approximate surface area is 120 Å². The Morgan fingerprint density at radius 3 is 2.89 bits per heavy atom. The molecule has 1 aliphatic heterocycles. The topological polar surface area (TPSA) is 39.1 Å². The maximum Gasteiger partial charge on any atom is 0.101 e. The molecule has 4 heteroatoms. The number of benzene rings is 1. The van der Waals surface area contributed by atoms with Crippen molar-refractivity contribution in [2.45, 2.75) is 26.3 Å². The quantitative estimate of drug-likeness (QED) is 0.917. The zero-order valence-electron chi connectivity index (χ0n) is 11.5. The first-order valence-electron chi connectivity index (χ1n) is 6.77. The molecule has 102 valence electrons. The third kappa shape index (κ3) is 3.62. The summed E-state index contributed by atoms with van der Waals surface area (Å²) in [5.74, 6) is 0.691. The highest BCUT2D eigenvalue weighted by atomic mass is 35.5. The molecule has 0 radical (unpaired) electrons. The number of halogens is 1. The molecule has 1 unspecified atom stereocenters. The van der Waals surface area contributed by atoms with E-state index in [0.29, 0.717) is 22.5 Å². The summed E-state index contributed by atoms with van der Waals surface area (Å²) in [4.78, 5) is 2.51. The highest BCUT2D eigenvalue weighted by Crippen LogP contribution is 2.22. The Balaban J connectivity index is 1.87. The third-order valence-electron chi connectivity index (χ3n) is 3.73. The molecule has 1 aromatic carbocycles. The lowest BCUT2D eigenvalue weighted by Gasteiger charge is -2.20. The van der Waals surface area contributed by atoms with Crippen LogP contribution in [0, 0.1) is 17.2 Å². The zero-order valence-corrected chi connectivity index (χ0v) is 12.2. The van der Waals surface area contributed by atoms with Crippen molar-refractivity contribution in [1.29, 1.82) is 5.26 Å². The first-order chi connectivity index (χ1) is 9.10. The van der Waals surface area contributed by atoms with E-state index < -0.39 is 0 Å². The van der Waals surface area contributed by atoms with Crippen LogP contribution in [0.25, 0.3) is 0 Å². The van der Waals surface area contributed by atoms with Crippen molar-refractivity contribution < 1.29 is 0 Å². The summed E-state index contributed by atoms with van der Waals surface area (Å²) in [6.07, 6.45) is 1.25. The molecule has 1 N–H and O–H groups in total. The Bertz CT molecular complexity index is 479. The molecule has 0 amide bonds. The van der Waals surface area contributed by atoms with E-state index >= 15 is 0 Å². The van der Waals surface area contributed by atoms with E-state index in [-0.39, 0.29) is 0 Å². The van der Waals surface area contributed by atoms with Gasteiger partial charge in [-0.25, -0.2) is 0 Å². The summed E-state index contributed by atoms with van der Waals surface area (Å²) in [6, 6.07) is 8.21. The number of hydrogen-bond acceptors (Lipinski definition) is 3. The number of nitrogens with one attached hydrogen (secondary N) is 1. The monoisotopic (exact) mass is 277 g/mol. The number of anilines is 1. The van der Waals surface area contributed by atoms with Gasteiger partial charge in [0.05, 0.1) is 10.6 Å². The second-order valence-corrected chi connectivity index (χ2v) is 5.84. The van der Waals surface area contributed by atoms with Gasteiger partial charge in [0.25, 0.3) is 0 Å². The number of likely N-dealkylation sites (tertiary alicyclic amines) is 1. The van der Waals surface area contributed by atoms with Crippen LogP contribution in [0.4, 0.5) is 5.69 Å². The van der Waals surface area contributed by atoms with Crippen LogP contribution >= 0.6 is 11.6 Å². The lowest BCUT2D eigenvalue weighted by molar-refractivity contribution is 0.266. The number of nitriles is 1. The van der Waals surface area contributed by atoms with Crippen molar-refractivity contribution in [2.75, 3.05) is 25.0 Å². The molecule has 1 fully saturated rings. The molecule has 0 spiro atoms. The van der Waals surface area contributed by atoms with Gasteiger partial charge in [0, 0.05) is 24.8 Å². The average Bonchev–Trinajstić information content (AvgIpc) is 2.85. The minimum Gasteiger partial charge on any atom is -0.385 e. The van der Waals surface area contributed by atoms with Crippen molar-refractivity contribution in [1.82, 2.24) is 4.90 Å². The van der Waals surface area contributed by atoms with Gasteiger partial charge in [-0.05, 0) is 50.9 Å². The molecule has 3 nitrogen and oxygen atoms in total. The maximum atomic E-state index is 8.83. The van der Waals surface area contributed by atoms with Crippen LogP contribution < -0.4 is 5.32 Å². The predicted octanol–water partition coefficient (Wildman–Crippen LogP) is 3.35. The van der Waals surface area contributed by atoms with E-state index in [1.165, 1.54) is 13.0 Å². The molecule has 0 saturated carbocycles. The molecule has 19 heavy (non-hydrogen) atoms. The van der Waals surface area contributed by atoms with Crippen LogP contribution in [0.1, 0.15) is 25.8 Å². The highest BCUT2D eigenvalue weighted by Gasteiger charge is 2.23. The van der Waals surface area contributed by atoms with Gasteiger partial charge in [0.1, 0.15) is 6.07 Å². The van der Waals surface area contributed by atoms with Gasteiger partial charge < -0.3 is 10.2 Å². The van der Waals surface area contributed by atoms with Crippen LogP contribution in [0.2, 0.25) is 5.02 Å². The molecular formula is C15H20ClN3. The summed E-state index contributed by atoms with van der Waals surface area (Å²) in [7, 11) is 0. The average molecular weight is 278 g/mol. The Kier molecular flexibility index (Phi) is 4.68. The van der Waals surface area contributed by atoms with E-state index in [2.05, 4.69) is 30.1 Å². The zero-order chi connectivity index (χ0) is 13.8. The highest BCUT2D eigenvalue weighted by molar-refractivity contribution is 6.32. The fraction of sp³-hybridized carbons (Fsp3) is 0.533. The van der Waals surface area contributed by atoms with Gasteiger partial charge in [0.2, 0.25) is 0 Å². The fourth-order valence-electron chi connectivity index (χ4n) is 2.48. The Morgan fingerprint density at radius 2 is 2.32 bits per heavy atom. The molecule has 1 heterocycles. The summed E-state index contributed by atoms with van der Waals surface area (Å²) < 4.78 is 0. The van der Waals surface area contributed by atoms with E-state index in [0.717, 1.165) is 18.8 Å². The Morgan fingerprint density at radius 1 is 1.53 bits per heavy atom. The number of nitrogens with zero attached hydrogens (tertiary/aromatic N) is 2. The SMILES string of the molecule is CC(C)N1CCC(CNc2ccc(C#N)c(Cl)c2)C1. The van der Waals surface area contributed by atoms with Crippen LogP contribution in [0.3, 0.4) is 0 Å². The van der Waals surface area contributed by atoms with Gasteiger partial charge >= 0.3 is 0 Å². The van der Waals surface area contributed by atoms with Gasteiger partial charge in [-0.15, -0.1) is 0 Å². The maximum absolute atomic E-state index is 8.83. The molecule has 1 atom stereocenters. The third-order valence-corrected chi connectivity index (χ3v) is 4.04.